The first kappa shape index (κ1) is 10.4. The first-order valence-electron chi connectivity index (χ1n) is 3.60. The highest BCUT2D eigenvalue weighted by atomic mass is 19.4. The van der Waals surface area contributed by atoms with E-state index in [1.165, 1.54) is 24.4 Å². The molecule has 76 valence electrons. The lowest BCUT2D eigenvalue weighted by Crippen LogP contribution is -2.17. The topological polar surface area (TPSA) is 47.6 Å². The van der Waals surface area contributed by atoms with Crippen molar-refractivity contribution < 1.29 is 17.9 Å². The third-order valence-corrected chi connectivity index (χ3v) is 1.32. The van der Waals surface area contributed by atoms with Crippen molar-refractivity contribution in [3.63, 3.8) is 0 Å². The summed E-state index contributed by atoms with van der Waals surface area (Å²) in [6, 6.07) is 5.35. The summed E-state index contributed by atoms with van der Waals surface area (Å²) in [5.74, 6) is 4.55. The summed E-state index contributed by atoms with van der Waals surface area (Å²) in [5, 5.41) is 3.18. The third kappa shape index (κ3) is 3.34. The van der Waals surface area contributed by atoms with Crippen molar-refractivity contribution in [1.82, 2.24) is 0 Å². The van der Waals surface area contributed by atoms with E-state index in [9.17, 15) is 13.2 Å². The largest absolute Gasteiger partial charge is 0.573 e. The van der Waals surface area contributed by atoms with Crippen molar-refractivity contribution in [2.45, 2.75) is 6.36 Å². The van der Waals surface area contributed by atoms with Crippen LogP contribution >= 0.6 is 0 Å². The number of ether oxygens (including phenoxy) is 1. The summed E-state index contributed by atoms with van der Waals surface area (Å²) in [4.78, 5) is 0. The van der Waals surface area contributed by atoms with Crippen LogP contribution in [0.2, 0.25) is 0 Å². The van der Waals surface area contributed by atoms with Crippen molar-refractivity contribution in [2.75, 3.05) is 0 Å². The van der Waals surface area contributed by atoms with Gasteiger partial charge in [-0.05, 0) is 17.7 Å². The fourth-order valence-electron chi connectivity index (χ4n) is 0.878. The predicted octanol–water partition coefficient (Wildman–Crippen LogP) is 1.88. The quantitative estimate of drug-likeness (QED) is 0.454. The Labute approximate surface area is 78.0 Å². The molecule has 0 fully saturated rings. The summed E-state index contributed by atoms with van der Waals surface area (Å²) in [5.41, 5.74) is 0.439. The molecule has 0 unspecified atom stereocenters. The van der Waals surface area contributed by atoms with Gasteiger partial charge in [0, 0.05) is 0 Å². The van der Waals surface area contributed by atoms with Crippen LogP contribution in [-0.4, -0.2) is 12.6 Å². The van der Waals surface area contributed by atoms with Crippen molar-refractivity contribution in [1.29, 1.82) is 0 Å². The van der Waals surface area contributed by atoms with Gasteiger partial charge in [0.15, 0.2) is 0 Å². The highest BCUT2D eigenvalue weighted by molar-refractivity contribution is 5.79. The van der Waals surface area contributed by atoms with Crippen LogP contribution in [0.1, 0.15) is 5.56 Å². The van der Waals surface area contributed by atoms with Gasteiger partial charge in [-0.15, -0.1) is 13.2 Å². The smallest absolute Gasteiger partial charge is 0.406 e. The number of rotatable bonds is 2. The van der Waals surface area contributed by atoms with E-state index in [2.05, 4.69) is 9.84 Å². The fraction of sp³-hybridized carbons (Fsp3) is 0.125. The number of benzene rings is 1. The van der Waals surface area contributed by atoms with Crippen LogP contribution in [0.3, 0.4) is 0 Å². The predicted molar refractivity (Wildman–Crippen MR) is 44.9 cm³/mol. The van der Waals surface area contributed by atoms with Gasteiger partial charge in [-0.1, -0.05) is 12.1 Å². The molecule has 0 aliphatic rings. The normalized spacial score (nSPS) is 11.9. The molecule has 1 aromatic carbocycles. The molecule has 0 aliphatic carbocycles. The second-order valence-corrected chi connectivity index (χ2v) is 2.40. The zero-order valence-corrected chi connectivity index (χ0v) is 6.95. The fourth-order valence-corrected chi connectivity index (χ4v) is 0.878. The highest BCUT2D eigenvalue weighted by Crippen LogP contribution is 2.22. The highest BCUT2D eigenvalue weighted by Gasteiger charge is 2.30. The summed E-state index contributed by atoms with van der Waals surface area (Å²) < 4.78 is 39.0. The second kappa shape index (κ2) is 3.99. The number of hydrogen-bond acceptors (Lipinski definition) is 3. The molecule has 1 rings (SSSR count). The average Bonchev–Trinajstić information content (AvgIpc) is 2.02. The standard InChI is InChI=1S/C8H7F3N2O/c9-8(10,11)14-7-3-1-2-6(4-7)5-13-12/h1-5H,12H2. The zero-order chi connectivity index (χ0) is 10.6. The first-order valence-corrected chi connectivity index (χ1v) is 3.60. The number of alkyl halides is 3. The maximum Gasteiger partial charge on any atom is 0.573 e. The number of nitrogens with two attached hydrogens (primary N) is 1. The molecule has 0 saturated carbocycles. The van der Waals surface area contributed by atoms with Gasteiger partial charge >= 0.3 is 6.36 Å². The summed E-state index contributed by atoms with van der Waals surface area (Å²) in [7, 11) is 0. The molecule has 0 spiro atoms. The molecular formula is C8H7F3N2O. The lowest BCUT2D eigenvalue weighted by Gasteiger charge is -2.08. The monoisotopic (exact) mass is 204 g/mol. The van der Waals surface area contributed by atoms with E-state index in [-0.39, 0.29) is 5.75 Å². The molecule has 0 atom stereocenters. The van der Waals surface area contributed by atoms with E-state index in [1.54, 1.807) is 6.07 Å². The van der Waals surface area contributed by atoms with Gasteiger partial charge in [0.1, 0.15) is 5.75 Å². The van der Waals surface area contributed by atoms with Crippen LogP contribution in [0.25, 0.3) is 0 Å². The van der Waals surface area contributed by atoms with Crippen LogP contribution in [0, 0.1) is 0 Å². The van der Waals surface area contributed by atoms with Crippen molar-refractivity contribution in [3.05, 3.63) is 29.8 Å². The SMILES string of the molecule is NN=Cc1cccc(OC(F)(F)F)c1. The second-order valence-electron chi connectivity index (χ2n) is 2.40. The molecular weight excluding hydrogens is 197 g/mol. The molecule has 0 aromatic heterocycles. The van der Waals surface area contributed by atoms with Crippen molar-refractivity contribution in [2.24, 2.45) is 10.9 Å². The Kier molecular flexibility index (Phi) is 2.95. The Morgan fingerprint density at radius 2 is 2.07 bits per heavy atom. The van der Waals surface area contributed by atoms with E-state index in [0.29, 0.717) is 5.56 Å². The molecule has 0 aliphatic heterocycles. The van der Waals surface area contributed by atoms with Gasteiger partial charge < -0.3 is 10.6 Å². The Morgan fingerprint density at radius 3 is 2.64 bits per heavy atom. The minimum atomic E-state index is -4.68. The maximum absolute atomic E-state index is 11.8. The molecule has 6 heteroatoms. The first-order chi connectivity index (χ1) is 6.51. The zero-order valence-electron chi connectivity index (χ0n) is 6.95. The van der Waals surface area contributed by atoms with Gasteiger partial charge in [0.05, 0.1) is 6.21 Å². The maximum atomic E-state index is 11.8. The van der Waals surface area contributed by atoms with Crippen LogP contribution in [0.4, 0.5) is 13.2 Å². The third-order valence-electron chi connectivity index (χ3n) is 1.32. The van der Waals surface area contributed by atoms with Gasteiger partial charge in [-0.25, -0.2) is 0 Å². The lowest BCUT2D eigenvalue weighted by atomic mass is 10.2. The average molecular weight is 204 g/mol. The molecule has 2 N–H and O–H groups in total. The molecule has 0 radical (unpaired) electrons. The number of hydrogen-bond donors (Lipinski definition) is 1. The Balaban J connectivity index is 2.84. The minimum Gasteiger partial charge on any atom is -0.406 e. The summed E-state index contributed by atoms with van der Waals surface area (Å²) in [6.07, 6.45) is -3.46. The molecule has 0 heterocycles. The molecule has 0 saturated heterocycles. The molecule has 0 amide bonds. The van der Waals surface area contributed by atoms with E-state index in [1.807, 2.05) is 0 Å². The van der Waals surface area contributed by atoms with Crippen molar-refractivity contribution in [3.8, 4) is 5.75 Å². The van der Waals surface area contributed by atoms with Crippen LogP contribution in [0.5, 0.6) is 5.75 Å². The van der Waals surface area contributed by atoms with Crippen molar-refractivity contribution >= 4 is 6.21 Å². The van der Waals surface area contributed by atoms with Gasteiger partial charge in [-0.2, -0.15) is 5.10 Å². The number of halogens is 3. The Hall–Kier alpha value is -1.72. The number of hydrazone groups is 1. The molecule has 14 heavy (non-hydrogen) atoms. The van der Waals surface area contributed by atoms with E-state index in [4.69, 9.17) is 5.84 Å². The van der Waals surface area contributed by atoms with E-state index in [0.717, 1.165) is 0 Å². The molecule has 1 aromatic rings. The minimum absolute atomic E-state index is 0.296. The van der Waals surface area contributed by atoms with Gasteiger partial charge in [0.25, 0.3) is 0 Å². The molecule has 0 bridgehead atoms. The van der Waals surface area contributed by atoms with Crippen LogP contribution in [-0.2, 0) is 0 Å². The Morgan fingerprint density at radius 1 is 1.36 bits per heavy atom. The van der Waals surface area contributed by atoms with E-state index >= 15 is 0 Å². The van der Waals surface area contributed by atoms with Gasteiger partial charge in [-0.3, -0.25) is 0 Å². The van der Waals surface area contributed by atoms with E-state index < -0.39 is 6.36 Å². The molecule has 3 nitrogen and oxygen atoms in total. The summed E-state index contributed by atoms with van der Waals surface area (Å²) >= 11 is 0. The van der Waals surface area contributed by atoms with Crippen LogP contribution < -0.4 is 10.6 Å². The lowest BCUT2D eigenvalue weighted by molar-refractivity contribution is -0.274. The summed E-state index contributed by atoms with van der Waals surface area (Å²) in [6.45, 7) is 0. The number of nitrogens with zero attached hydrogens (tertiary/aromatic N) is 1. The van der Waals surface area contributed by atoms with Gasteiger partial charge in [0.2, 0.25) is 0 Å². The van der Waals surface area contributed by atoms with Crippen LogP contribution in [0.15, 0.2) is 29.4 Å². The Bertz CT molecular complexity index is 336.